The summed E-state index contributed by atoms with van der Waals surface area (Å²) >= 11 is 0. The molecule has 1 aromatic carbocycles. The average Bonchev–Trinajstić information content (AvgIpc) is 2.37. The molecule has 1 rings (SSSR count). The Labute approximate surface area is 109 Å². The lowest BCUT2D eigenvalue weighted by atomic mass is 10.0. The molecule has 0 fully saturated rings. The van der Waals surface area contributed by atoms with Crippen LogP contribution >= 0.6 is 0 Å². The predicted octanol–water partition coefficient (Wildman–Crippen LogP) is 2.22. The number of amides is 1. The van der Waals surface area contributed by atoms with E-state index < -0.39 is 0 Å². The van der Waals surface area contributed by atoms with E-state index in [0.29, 0.717) is 13.0 Å². The highest BCUT2D eigenvalue weighted by atomic mass is 16.3. The molecule has 0 aliphatic heterocycles. The monoisotopic (exact) mass is 247 g/mol. The predicted molar refractivity (Wildman–Crippen MR) is 73.9 cm³/mol. The van der Waals surface area contributed by atoms with Gasteiger partial charge in [-0.2, -0.15) is 0 Å². The molecular formula is C15H21NO2. The van der Waals surface area contributed by atoms with Crippen LogP contribution < -0.4 is 5.32 Å². The topological polar surface area (TPSA) is 49.3 Å². The van der Waals surface area contributed by atoms with Crippen LogP contribution in [0.25, 0.3) is 6.08 Å². The van der Waals surface area contributed by atoms with Crippen molar-refractivity contribution in [1.82, 2.24) is 5.32 Å². The largest absolute Gasteiger partial charge is 0.393 e. The Bertz CT molecular complexity index is 385. The van der Waals surface area contributed by atoms with Crippen LogP contribution in [-0.2, 0) is 4.79 Å². The normalized spacial score (nSPS) is 12.9. The molecule has 0 bridgehead atoms. The molecule has 98 valence electrons. The van der Waals surface area contributed by atoms with E-state index in [9.17, 15) is 9.90 Å². The van der Waals surface area contributed by atoms with Crippen molar-refractivity contribution in [3.63, 3.8) is 0 Å². The fraction of sp³-hybridized carbons (Fsp3) is 0.400. The summed E-state index contributed by atoms with van der Waals surface area (Å²) in [6, 6.07) is 9.66. The number of aliphatic hydroxyl groups excluding tert-OH is 1. The first-order chi connectivity index (χ1) is 8.59. The number of carbonyl (C=O) groups excluding carboxylic acids is 1. The van der Waals surface area contributed by atoms with Crippen molar-refractivity contribution >= 4 is 12.0 Å². The van der Waals surface area contributed by atoms with Crippen LogP contribution in [0.3, 0.4) is 0 Å². The molecule has 3 nitrogen and oxygen atoms in total. The Kier molecular flexibility index (Phi) is 6.15. The summed E-state index contributed by atoms with van der Waals surface area (Å²) in [7, 11) is 0. The van der Waals surface area contributed by atoms with Crippen LogP contribution in [0.1, 0.15) is 25.8 Å². The minimum atomic E-state index is -0.358. The Hall–Kier alpha value is -1.61. The first kappa shape index (κ1) is 14.5. The molecule has 0 aliphatic carbocycles. The molecule has 0 aromatic heterocycles. The third-order valence-corrected chi connectivity index (χ3v) is 2.74. The number of aliphatic hydroxyl groups is 1. The Morgan fingerprint density at radius 2 is 2.00 bits per heavy atom. The first-order valence-electron chi connectivity index (χ1n) is 6.28. The first-order valence-corrected chi connectivity index (χ1v) is 6.28. The van der Waals surface area contributed by atoms with Gasteiger partial charge in [-0.05, 0) is 24.0 Å². The van der Waals surface area contributed by atoms with Gasteiger partial charge in [-0.1, -0.05) is 44.2 Å². The molecule has 0 saturated carbocycles. The summed E-state index contributed by atoms with van der Waals surface area (Å²) < 4.78 is 0. The van der Waals surface area contributed by atoms with E-state index in [4.69, 9.17) is 0 Å². The summed E-state index contributed by atoms with van der Waals surface area (Å²) in [4.78, 5) is 11.5. The lowest BCUT2D eigenvalue weighted by Gasteiger charge is -2.13. The zero-order valence-electron chi connectivity index (χ0n) is 11.0. The lowest BCUT2D eigenvalue weighted by Crippen LogP contribution is -2.27. The van der Waals surface area contributed by atoms with Gasteiger partial charge in [0.05, 0.1) is 6.10 Å². The number of hydrogen-bond donors (Lipinski definition) is 2. The molecule has 0 aliphatic rings. The maximum atomic E-state index is 11.5. The molecule has 18 heavy (non-hydrogen) atoms. The zero-order chi connectivity index (χ0) is 13.4. The number of nitrogens with one attached hydrogen (secondary N) is 1. The summed E-state index contributed by atoms with van der Waals surface area (Å²) in [6.07, 6.45) is 3.51. The van der Waals surface area contributed by atoms with Crippen LogP contribution in [0.15, 0.2) is 36.4 Å². The fourth-order valence-electron chi connectivity index (χ4n) is 1.47. The molecule has 0 saturated heterocycles. The van der Waals surface area contributed by atoms with Gasteiger partial charge < -0.3 is 10.4 Å². The van der Waals surface area contributed by atoms with E-state index in [1.54, 1.807) is 6.08 Å². The Morgan fingerprint density at radius 1 is 1.33 bits per heavy atom. The second-order valence-electron chi connectivity index (χ2n) is 4.64. The van der Waals surface area contributed by atoms with E-state index in [1.807, 2.05) is 44.2 Å². The SMILES string of the molecule is CC(C)C(O)CCNC(=O)C=Cc1ccccc1. The van der Waals surface area contributed by atoms with Gasteiger partial charge in [0.25, 0.3) is 0 Å². The van der Waals surface area contributed by atoms with Crippen molar-refractivity contribution in [3.8, 4) is 0 Å². The van der Waals surface area contributed by atoms with Crippen LogP contribution in [-0.4, -0.2) is 23.7 Å². The van der Waals surface area contributed by atoms with Crippen LogP contribution in [0.2, 0.25) is 0 Å². The molecule has 1 amide bonds. The average molecular weight is 247 g/mol. The van der Waals surface area contributed by atoms with Crippen molar-refractivity contribution in [3.05, 3.63) is 42.0 Å². The maximum Gasteiger partial charge on any atom is 0.244 e. The summed E-state index contributed by atoms with van der Waals surface area (Å²) in [5.74, 6) is 0.0940. The Morgan fingerprint density at radius 3 is 2.61 bits per heavy atom. The van der Waals surface area contributed by atoms with E-state index >= 15 is 0 Å². The lowest BCUT2D eigenvalue weighted by molar-refractivity contribution is -0.116. The molecule has 0 heterocycles. The van der Waals surface area contributed by atoms with Gasteiger partial charge in [-0.25, -0.2) is 0 Å². The van der Waals surface area contributed by atoms with E-state index in [1.165, 1.54) is 6.08 Å². The summed E-state index contributed by atoms with van der Waals surface area (Å²) in [5.41, 5.74) is 0.995. The van der Waals surface area contributed by atoms with Gasteiger partial charge in [-0.3, -0.25) is 4.79 Å². The van der Waals surface area contributed by atoms with Crippen molar-refractivity contribution in [2.24, 2.45) is 5.92 Å². The van der Waals surface area contributed by atoms with Crippen molar-refractivity contribution in [1.29, 1.82) is 0 Å². The number of carbonyl (C=O) groups is 1. The van der Waals surface area contributed by atoms with Gasteiger partial charge in [0.15, 0.2) is 0 Å². The minimum absolute atomic E-state index is 0.130. The van der Waals surface area contributed by atoms with Gasteiger partial charge in [0, 0.05) is 12.6 Å². The zero-order valence-corrected chi connectivity index (χ0v) is 11.0. The number of benzene rings is 1. The standard InChI is InChI=1S/C15H21NO2/c1-12(2)14(17)10-11-16-15(18)9-8-13-6-4-3-5-7-13/h3-9,12,14,17H,10-11H2,1-2H3,(H,16,18). The summed E-state index contributed by atoms with van der Waals surface area (Å²) in [5, 5.41) is 12.3. The third kappa shape index (κ3) is 5.64. The van der Waals surface area contributed by atoms with Gasteiger partial charge in [0.1, 0.15) is 0 Å². The fourth-order valence-corrected chi connectivity index (χ4v) is 1.47. The minimum Gasteiger partial charge on any atom is -0.393 e. The molecular weight excluding hydrogens is 226 g/mol. The highest BCUT2D eigenvalue weighted by Gasteiger charge is 2.08. The quantitative estimate of drug-likeness (QED) is 0.757. The highest BCUT2D eigenvalue weighted by molar-refractivity contribution is 5.91. The summed E-state index contributed by atoms with van der Waals surface area (Å²) in [6.45, 7) is 4.42. The van der Waals surface area contributed by atoms with Crippen LogP contribution in [0.4, 0.5) is 0 Å². The molecule has 2 N–H and O–H groups in total. The smallest absolute Gasteiger partial charge is 0.244 e. The molecule has 0 spiro atoms. The van der Waals surface area contributed by atoms with Gasteiger partial charge in [0.2, 0.25) is 5.91 Å². The molecule has 1 atom stereocenters. The number of hydrogen-bond acceptors (Lipinski definition) is 2. The van der Waals surface area contributed by atoms with Gasteiger partial charge >= 0.3 is 0 Å². The van der Waals surface area contributed by atoms with E-state index in [2.05, 4.69) is 5.32 Å². The third-order valence-electron chi connectivity index (χ3n) is 2.74. The van der Waals surface area contributed by atoms with Crippen LogP contribution in [0.5, 0.6) is 0 Å². The molecule has 1 unspecified atom stereocenters. The molecule has 1 aromatic rings. The molecule has 3 heteroatoms. The number of rotatable bonds is 6. The Balaban J connectivity index is 2.28. The van der Waals surface area contributed by atoms with Crippen molar-refractivity contribution in [2.45, 2.75) is 26.4 Å². The second kappa shape index (κ2) is 7.67. The maximum absolute atomic E-state index is 11.5. The molecule has 0 radical (unpaired) electrons. The highest BCUT2D eigenvalue weighted by Crippen LogP contribution is 2.04. The van der Waals surface area contributed by atoms with Crippen molar-refractivity contribution < 1.29 is 9.90 Å². The van der Waals surface area contributed by atoms with E-state index in [-0.39, 0.29) is 17.9 Å². The van der Waals surface area contributed by atoms with Crippen molar-refractivity contribution in [2.75, 3.05) is 6.54 Å². The van der Waals surface area contributed by atoms with Crippen LogP contribution in [0, 0.1) is 5.92 Å². The van der Waals surface area contributed by atoms with E-state index in [0.717, 1.165) is 5.56 Å². The van der Waals surface area contributed by atoms with Gasteiger partial charge in [-0.15, -0.1) is 0 Å². The second-order valence-corrected chi connectivity index (χ2v) is 4.64.